The number of amides is 2. The van der Waals surface area contributed by atoms with E-state index in [9.17, 15) is 9.59 Å². The predicted molar refractivity (Wildman–Crippen MR) is 226 cm³/mol. The van der Waals surface area contributed by atoms with Crippen LogP contribution in [0.4, 0.5) is 34.6 Å². The predicted octanol–water partition coefficient (Wildman–Crippen LogP) is 7.03. The van der Waals surface area contributed by atoms with E-state index in [0.717, 1.165) is 63.4 Å². The third-order valence-corrected chi connectivity index (χ3v) is 10.8. The molecule has 2 aromatic carbocycles. The van der Waals surface area contributed by atoms with Crippen LogP contribution in [-0.2, 0) is 25.2 Å². The van der Waals surface area contributed by atoms with E-state index in [1.165, 1.54) is 0 Å². The third-order valence-electron chi connectivity index (χ3n) is 10.8. The van der Waals surface area contributed by atoms with Gasteiger partial charge in [-0.25, -0.2) is 29.9 Å². The lowest BCUT2D eigenvalue weighted by atomic mass is 9.85. The molecular formula is C44H46N12O3. The summed E-state index contributed by atoms with van der Waals surface area (Å²) in [6.45, 7) is 12.6. The lowest BCUT2D eigenvalue weighted by Gasteiger charge is -2.20. The molecule has 300 valence electrons. The molecule has 1 aliphatic carbocycles. The molecule has 0 unspecified atom stereocenters. The lowest BCUT2D eigenvalue weighted by molar-refractivity contribution is -0.122. The molecule has 9 rings (SSSR count). The number of nitrogens with zero attached hydrogens (tertiary/aromatic N) is 10. The van der Waals surface area contributed by atoms with Crippen LogP contribution >= 0.6 is 0 Å². The fourth-order valence-electron chi connectivity index (χ4n) is 7.20. The fraction of sp³-hybridized carbons (Fsp3) is 0.318. The minimum atomic E-state index is -0.668. The van der Waals surface area contributed by atoms with E-state index < -0.39 is 10.8 Å². The zero-order chi connectivity index (χ0) is 41.5. The van der Waals surface area contributed by atoms with Crippen molar-refractivity contribution in [2.45, 2.75) is 71.3 Å². The largest absolute Gasteiger partial charge is 0.383 e. The molecule has 1 saturated carbocycles. The number of methoxy groups -OCH3 is 1. The van der Waals surface area contributed by atoms with Gasteiger partial charge in [0.1, 0.15) is 23.3 Å². The molecule has 0 saturated heterocycles. The molecule has 0 bridgehead atoms. The van der Waals surface area contributed by atoms with Crippen molar-refractivity contribution in [1.82, 2.24) is 39.9 Å². The lowest BCUT2D eigenvalue weighted by Crippen LogP contribution is -2.33. The Kier molecular flexibility index (Phi) is 10.3. The maximum absolute atomic E-state index is 13.3. The summed E-state index contributed by atoms with van der Waals surface area (Å²) >= 11 is 0. The third kappa shape index (κ3) is 7.68. The highest BCUT2D eigenvalue weighted by molar-refractivity contribution is 6.13. The van der Waals surface area contributed by atoms with Gasteiger partial charge in [-0.2, -0.15) is 0 Å². The maximum atomic E-state index is 13.3. The number of carbonyl (C=O) groups excluding carboxylic acids is 2. The molecule has 0 radical (unpaired) electrons. The Morgan fingerprint density at radius 3 is 1.56 bits per heavy atom. The van der Waals surface area contributed by atoms with Crippen molar-refractivity contribution >= 4 is 46.5 Å². The van der Waals surface area contributed by atoms with Crippen LogP contribution in [0.15, 0.2) is 86.0 Å². The smallest absolute Gasteiger partial charge is 0.242 e. The van der Waals surface area contributed by atoms with Crippen LogP contribution in [0.5, 0.6) is 0 Å². The second-order valence-electron chi connectivity index (χ2n) is 15.9. The first-order valence-corrected chi connectivity index (χ1v) is 19.5. The van der Waals surface area contributed by atoms with Gasteiger partial charge in [0.25, 0.3) is 0 Å². The van der Waals surface area contributed by atoms with Gasteiger partial charge in [-0.15, -0.1) is 0 Å². The van der Waals surface area contributed by atoms with Crippen LogP contribution in [0, 0.1) is 13.8 Å². The molecule has 6 heterocycles. The Labute approximate surface area is 342 Å². The summed E-state index contributed by atoms with van der Waals surface area (Å²) in [4.78, 5) is 65.0. The van der Waals surface area contributed by atoms with Crippen molar-refractivity contribution in [1.29, 1.82) is 0 Å². The van der Waals surface area contributed by atoms with Crippen molar-refractivity contribution in [3.63, 3.8) is 0 Å². The summed E-state index contributed by atoms with van der Waals surface area (Å²) in [6, 6.07) is 12.5. The maximum Gasteiger partial charge on any atom is 0.242 e. The monoisotopic (exact) mass is 790 g/mol. The number of rotatable bonds is 10. The average molecular weight is 791 g/mol. The molecule has 3 aliphatic rings. The van der Waals surface area contributed by atoms with E-state index in [-0.39, 0.29) is 11.8 Å². The Morgan fingerprint density at radius 2 is 1.10 bits per heavy atom. The van der Waals surface area contributed by atoms with Gasteiger partial charge in [0.2, 0.25) is 11.8 Å². The quantitative estimate of drug-likeness (QED) is 0.135. The highest BCUT2D eigenvalue weighted by atomic mass is 16.5. The van der Waals surface area contributed by atoms with E-state index in [4.69, 9.17) is 4.74 Å². The molecule has 4 aromatic heterocycles. The van der Waals surface area contributed by atoms with E-state index in [0.29, 0.717) is 48.3 Å². The van der Waals surface area contributed by atoms with E-state index >= 15 is 0 Å². The number of nitrogens with one attached hydrogen (secondary N) is 2. The van der Waals surface area contributed by atoms with Crippen LogP contribution < -0.4 is 20.4 Å². The van der Waals surface area contributed by atoms with Gasteiger partial charge in [0.15, 0.2) is 11.6 Å². The van der Waals surface area contributed by atoms with E-state index in [1.807, 2.05) is 77.9 Å². The molecule has 59 heavy (non-hydrogen) atoms. The minimum absolute atomic E-state index is 0.0114. The molecule has 0 atom stereocenters. The zero-order valence-electron chi connectivity index (χ0n) is 34.2. The van der Waals surface area contributed by atoms with Crippen LogP contribution in [-0.4, -0.2) is 78.0 Å². The summed E-state index contributed by atoms with van der Waals surface area (Å²) in [5.74, 6) is 3.69. The van der Waals surface area contributed by atoms with Gasteiger partial charge in [-0.1, -0.05) is 24.3 Å². The van der Waals surface area contributed by atoms with Crippen LogP contribution in [0.25, 0.3) is 22.3 Å². The van der Waals surface area contributed by atoms with Crippen molar-refractivity contribution in [3.8, 4) is 22.3 Å². The molecule has 2 amide bonds. The number of ether oxygens (including phenoxy) is 1. The van der Waals surface area contributed by atoms with Crippen LogP contribution in [0.2, 0.25) is 0 Å². The first-order chi connectivity index (χ1) is 28.3. The Bertz CT molecular complexity index is 2540. The van der Waals surface area contributed by atoms with Crippen LogP contribution in [0.3, 0.4) is 0 Å². The molecular weight excluding hydrogens is 745 g/mol. The van der Waals surface area contributed by atoms with E-state index in [1.54, 1.807) is 66.5 Å². The number of benzene rings is 2. The summed E-state index contributed by atoms with van der Waals surface area (Å²) in [6.07, 6.45) is 16.0. The topological polar surface area (TPSA) is 177 Å². The van der Waals surface area contributed by atoms with Gasteiger partial charge >= 0.3 is 0 Å². The summed E-state index contributed by atoms with van der Waals surface area (Å²) in [7, 11) is 1.64. The Balaban J connectivity index is 0.000000164. The van der Waals surface area contributed by atoms with Crippen molar-refractivity contribution in [3.05, 3.63) is 109 Å². The van der Waals surface area contributed by atoms with Crippen molar-refractivity contribution in [2.75, 3.05) is 40.7 Å². The van der Waals surface area contributed by atoms with Crippen molar-refractivity contribution < 1.29 is 14.3 Å². The first kappa shape index (κ1) is 39.1. The molecule has 15 nitrogen and oxygen atoms in total. The molecule has 1 fully saturated rings. The highest BCUT2D eigenvalue weighted by Crippen LogP contribution is 2.48. The molecule has 2 N–H and O–H groups in total. The van der Waals surface area contributed by atoms with Crippen LogP contribution in [0.1, 0.15) is 63.3 Å². The van der Waals surface area contributed by atoms with Gasteiger partial charge in [0.05, 0.1) is 53.6 Å². The molecule has 6 aromatic rings. The second kappa shape index (κ2) is 15.5. The Hall–Kier alpha value is -6.74. The van der Waals surface area contributed by atoms with Gasteiger partial charge in [-0.05, 0) is 88.8 Å². The number of hydrogen-bond donors (Lipinski definition) is 2. The zero-order valence-corrected chi connectivity index (χ0v) is 34.2. The SMILES string of the molecule is COCCNc1cncc(N2C(=O)C(C)(C)c3ccc(-c4cnc(C)nc4)cc32)n1.Cc1ncc(-c2ccc3c(c2)N(c2cncc(NC4CC4)n2)C(=O)C3(C)C)cn1. The summed E-state index contributed by atoms with van der Waals surface area (Å²) in [5.41, 5.74) is 5.93. The summed E-state index contributed by atoms with van der Waals surface area (Å²) in [5, 5.41) is 6.51. The van der Waals surface area contributed by atoms with E-state index in [2.05, 4.69) is 50.5 Å². The highest BCUT2D eigenvalue weighted by Gasteiger charge is 2.46. The molecule has 0 spiro atoms. The van der Waals surface area contributed by atoms with Crippen molar-refractivity contribution in [2.24, 2.45) is 0 Å². The van der Waals surface area contributed by atoms with Gasteiger partial charge < -0.3 is 15.4 Å². The fourth-order valence-corrected chi connectivity index (χ4v) is 7.20. The second-order valence-corrected chi connectivity index (χ2v) is 15.9. The number of aromatic nitrogens is 8. The number of anilines is 6. The summed E-state index contributed by atoms with van der Waals surface area (Å²) < 4.78 is 5.06. The number of hydrogen-bond acceptors (Lipinski definition) is 13. The first-order valence-electron chi connectivity index (χ1n) is 19.5. The standard InChI is InChI=1S/C22H24N6O2.C22H22N6O/c1-14-25-10-16(11-26-14)15-5-6-17-18(9-15)28(21(29)22(17,2)3)20-13-23-12-19(27-20)24-7-8-30-4;1-13-24-9-15(10-25-13)14-4-7-17-18(8-14)28(21(29)22(17,2)3)20-12-23-11-19(27-20)26-16-5-6-16/h5-6,9-13H,7-8H2,1-4H3,(H,24,27);4,7-12,16H,5-6H2,1-3H3,(H,26,27). The molecule has 2 aliphatic heterocycles. The average Bonchev–Trinajstić information content (AvgIpc) is 3.99. The number of carbonyl (C=O) groups is 2. The molecule has 15 heteroatoms. The Morgan fingerprint density at radius 1 is 0.644 bits per heavy atom. The number of aryl methyl sites for hydroxylation is 2. The van der Waals surface area contributed by atoms with Gasteiger partial charge in [0, 0.05) is 55.6 Å². The van der Waals surface area contributed by atoms with Gasteiger partial charge in [-0.3, -0.25) is 29.4 Å². The normalized spacial score (nSPS) is 16.0. The minimum Gasteiger partial charge on any atom is -0.383 e. The number of fused-ring (bicyclic) bond motifs is 2.